The maximum absolute atomic E-state index is 2.41. The molecule has 1 aromatic carbocycles. The van der Waals surface area contributed by atoms with Crippen LogP contribution in [0.3, 0.4) is 0 Å². The lowest BCUT2D eigenvalue weighted by Crippen LogP contribution is -2.43. The summed E-state index contributed by atoms with van der Waals surface area (Å²) in [5.41, 5.74) is 1.63. The first-order chi connectivity index (χ1) is 6.59. The molecule has 0 amide bonds. The van der Waals surface area contributed by atoms with Crippen molar-refractivity contribution in [2.45, 2.75) is 44.7 Å². The molecule has 0 bridgehead atoms. The van der Waals surface area contributed by atoms with Gasteiger partial charge in [-0.25, -0.2) is 0 Å². The molecule has 0 N–H and O–H groups in total. The van der Waals surface area contributed by atoms with Gasteiger partial charge in [-0.3, -0.25) is 0 Å². The van der Waals surface area contributed by atoms with E-state index in [0.29, 0.717) is 5.04 Å². The van der Waals surface area contributed by atoms with Crippen LogP contribution in [0.15, 0.2) is 24.3 Å². The molecule has 1 radical (unpaired) electrons. The van der Waals surface area contributed by atoms with Gasteiger partial charge in [0.05, 0.1) is 8.80 Å². The van der Waals surface area contributed by atoms with E-state index in [4.69, 9.17) is 0 Å². The standard InChI is InChI=1S/C13H19Si/c1-13(2,3)14-10-6-8-11-7-4-5-9-12(11)14/h4-5,7,9H,6,8,10H2,1-3H3. The molecule has 1 heterocycles. The average molecular weight is 203 g/mol. The highest BCUT2D eigenvalue weighted by atomic mass is 28.3. The third-order valence-corrected chi connectivity index (χ3v) is 6.92. The smallest absolute Gasteiger partial charge is 0.0630 e. The van der Waals surface area contributed by atoms with E-state index >= 15 is 0 Å². The summed E-state index contributed by atoms with van der Waals surface area (Å²) >= 11 is 0. The number of benzene rings is 1. The van der Waals surface area contributed by atoms with Crippen molar-refractivity contribution in [2.24, 2.45) is 0 Å². The zero-order valence-electron chi connectivity index (χ0n) is 9.43. The highest BCUT2D eigenvalue weighted by Gasteiger charge is 2.31. The number of fused-ring (bicyclic) bond motifs is 1. The molecular formula is C13H19Si. The Balaban J connectivity index is 2.41. The summed E-state index contributed by atoms with van der Waals surface area (Å²) in [4.78, 5) is 0. The molecule has 75 valence electrons. The van der Waals surface area contributed by atoms with Crippen molar-refractivity contribution in [2.75, 3.05) is 0 Å². The molecule has 2 rings (SSSR count). The number of aryl methyl sites for hydroxylation is 1. The van der Waals surface area contributed by atoms with Gasteiger partial charge in [-0.2, -0.15) is 0 Å². The van der Waals surface area contributed by atoms with Crippen molar-refractivity contribution in [1.82, 2.24) is 0 Å². The SMILES string of the molecule is CC(C)(C)[Si]1CCCc2ccccc21. The van der Waals surface area contributed by atoms with E-state index in [-0.39, 0.29) is 8.80 Å². The first kappa shape index (κ1) is 9.97. The Kier molecular flexibility index (Phi) is 2.52. The van der Waals surface area contributed by atoms with Crippen molar-refractivity contribution in [3.63, 3.8) is 0 Å². The molecule has 0 saturated heterocycles. The van der Waals surface area contributed by atoms with E-state index in [2.05, 4.69) is 45.0 Å². The third-order valence-electron chi connectivity index (χ3n) is 3.12. The lowest BCUT2D eigenvalue weighted by molar-refractivity contribution is 0.722. The van der Waals surface area contributed by atoms with Gasteiger partial charge in [0.15, 0.2) is 0 Å². The number of hydrogen-bond acceptors (Lipinski definition) is 0. The van der Waals surface area contributed by atoms with Crippen LogP contribution in [0, 0.1) is 0 Å². The summed E-state index contributed by atoms with van der Waals surface area (Å²) in [6.07, 6.45) is 2.71. The largest absolute Gasteiger partial charge is 0.0916 e. The molecule has 0 saturated carbocycles. The predicted octanol–water partition coefficient (Wildman–Crippen LogP) is 3.13. The molecule has 0 aromatic heterocycles. The van der Waals surface area contributed by atoms with Crippen LogP contribution in [-0.2, 0) is 6.42 Å². The first-order valence-electron chi connectivity index (χ1n) is 5.53. The minimum Gasteiger partial charge on any atom is -0.0630 e. The molecule has 14 heavy (non-hydrogen) atoms. The van der Waals surface area contributed by atoms with Gasteiger partial charge in [-0.1, -0.05) is 62.7 Å². The minimum absolute atomic E-state index is 0.320. The van der Waals surface area contributed by atoms with E-state index in [0.717, 1.165) is 0 Å². The fraction of sp³-hybridized carbons (Fsp3) is 0.538. The van der Waals surface area contributed by atoms with Gasteiger partial charge in [-0.05, 0) is 17.0 Å². The Bertz CT molecular complexity index is 322. The van der Waals surface area contributed by atoms with Crippen LogP contribution < -0.4 is 5.19 Å². The van der Waals surface area contributed by atoms with Crippen LogP contribution in [0.2, 0.25) is 11.1 Å². The monoisotopic (exact) mass is 203 g/mol. The Labute approximate surface area is 89.0 Å². The Morgan fingerprint density at radius 3 is 2.57 bits per heavy atom. The summed E-state index contributed by atoms with van der Waals surface area (Å²) in [7, 11) is -0.320. The zero-order valence-corrected chi connectivity index (χ0v) is 10.4. The molecule has 1 aromatic rings. The van der Waals surface area contributed by atoms with E-state index in [1.807, 2.05) is 0 Å². The molecule has 0 aliphatic carbocycles. The highest BCUT2D eigenvalue weighted by Crippen LogP contribution is 2.32. The molecule has 0 unspecified atom stereocenters. The van der Waals surface area contributed by atoms with E-state index in [1.54, 1.807) is 10.8 Å². The molecule has 1 aliphatic rings. The molecule has 0 fully saturated rings. The summed E-state index contributed by atoms with van der Waals surface area (Å²) in [5.74, 6) is 0. The van der Waals surface area contributed by atoms with Gasteiger partial charge in [0.1, 0.15) is 0 Å². The van der Waals surface area contributed by atoms with Gasteiger partial charge >= 0.3 is 0 Å². The summed E-state index contributed by atoms with van der Waals surface area (Å²) in [5, 5.41) is 2.22. The number of hydrogen-bond donors (Lipinski definition) is 0. The van der Waals surface area contributed by atoms with Crippen molar-refractivity contribution < 1.29 is 0 Å². The molecule has 1 heteroatoms. The second-order valence-corrected chi connectivity index (χ2v) is 8.74. The van der Waals surface area contributed by atoms with Crippen molar-refractivity contribution >= 4 is 14.0 Å². The van der Waals surface area contributed by atoms with Gasteiger partial charge in [0.2, 0.25) is 0 Å². The first-order valence-corrected chi connectivity index (χ1v) is 7.24. The summed E-state index contributed by atoms with van der Waals surface area (Å²) in [6, 6.07) is 10.6. The zero-order chi connectivity index (χ0) is 10.2. The van der Waals surface area contributed by atoms with Crippen molar-refractivity contribution in [1.29, 1.82) is 0 Å². The van der Waals surface area contributed by atoms with Crippen molar-refractivity contribution in [3.8, 4) is 0 Å². The van der Waals surface area contributed by atoms with Gasteiger partial charge in [-0.15, -0.1) is 0 Å². The molecule has 1 aliphatic heterocycles. The van der Waals surface area contributed by atoms with Crippen LogP contribution in [0.5, 0.6) is 0 Å². The van der Waals surface area contributed by atoms with Crippen LogP contribution >= 0.6 is 0 Å². The fourth-order valence-electron chi connectivity index (χ4n) is 2.40. The van der Waals surface area contributed by atoms with Gasteiger partial charge < -0.3 is 0 Å². The predicted molar refractivity (Wildman–Crippen MR) is 64.7 cm³/mol. The van der Waals surface area contributed by atoms with E-state index < -0.39 is 0 Å². The van der Waals surface area contributed by atoms with Crippen LogP contribution in [0.4, 0.5) is 0 Å². The van der Waals surface area contributed by atoms with Crippen LogP contribution in [-0.4, -0.2) is 8.80 Å². The normalized spacial score (nSPS) is 17.9. The van der Waals surface area contributed by atoms with Gasteiger partial charge in [0.25, 0.3) is 0 Å². The maximum Gasteiger partial charge on any atom is 0.0916 e. The Morgan fingerprint density at radius 1 is 1.14 bits per heavy atom. The summed E-state index contributed by atoms with van der Waals surface area (Å²) in [6.45, 7) is 7.22. The average Bonchev–Trinajstić information content (AvgIpc) is 2.15. The van der Waals surface area contributed by atoms with Crippen molar-refractivity contribution in [3.05, 3.63) is 29.8 Å². The molecule has 0 spiro atoms. The maximum atomic E-state index is 2.41. The Hall–Kier alpha value is -0.563. The van der Waals surface area contributed by atoms with Crippen LogP contribution in [0.1, 0.15) is 32.8 Å². The fourth-order valence-corrected chi connectivity index (χ4v) is 5.65. The molecule has 0 nitrogen and oxygen atoms in total. The third kappa shape index (κ3) is 1.78. The molecule has 0 atom stereocenters. The second kappa shape index (κ2) is 3.54. The quantitative estimate of drug-likeness (QED) is 0.568. The van der Waals surface area contributed by atoms with E-state index in [9.17, 15) is 0 Å². The second-order valence-electron chi connectivity index (χ2n) is 5.24. The lowest BCUT2D eigenvalue weighted by Gasteiger charge is -2.34. The number of rotatable bonds is 0. The minimum atomic E-state index is -0.320. The Morgan fingerprint density at radius 2 is 1.86 bits per heavy atom. The lowest BCUT2D eigenvalue weighted by atomic mass is 10.1. The highest BCUT2D eigenvalue weighted by molar-refractivity contribution is 6.76. The molecular weight excluding hydrogens is 184 g/mol. The van der Waals surface area contributed by atoms with E-state index in [1.165, 1.54) is 18.9 Å². The van der Waals surface area contributed by atoms with Gasteiger partial charge in [0, 0.05) is 0 Å². The topological polar surface area (TPSA) is 0 Å². The van der Waals surface area contributed by atoms with Crippen LogP contribution in [0.25, 0.3) is 0 Å². The summed E-state index contributed by atoms with van der Waals surface area (Å²) < 4.78 is 0.